The number of nitrogens with zero attached hydrogens (tertiary/aromatic N) is 2. The summed E-state index contributed by atoms with van der Waals surface area (Å²) in [6, 6.07) is 2.15. The van der Waals surface area contributed by atoms with Crippen LogP contribution in [0.15, 0.2) is 6.20 Å². The second-order valence-corrected chi connectivity index (χ2v) is 4.25. The van der Waals surface area contributed by atoms with Crippen LogP contribution in [-0.4, -0.2) is 4.98 Å². The number of nitriles is 1. The first-order valence-electron chi connectivity index (χ1n) is 4.78. The summed E-state index contributed by atoms with van der Waals surface area (Å²) in [5.74, 6) is 0.646. The number of aromatic nitrogens is 1. The number of halogens is 1. The summed E-state index contributed by atoms with van der Waals surface area (Å²) >= 11 is 5.88. The van der Waals surface area contributed by atoms with Gasteiger partial charge in [0.15, 0.2) is 0 Å². The van der Waals surface area contributed by atoms with Gasteiger partial charge in [0.25, 0.3) is 0 Å². The van der Waals surface area contributed by atoms with Gasteiger partial charge in [-0.2, -0.15) is 5.26 Å². The van der Waals surface area contributed by atoms with E-state index in [2.05, 4.69) is 18.0 Å². The number of rotatable bonds is 0. The van der Waals surface area contributed by atoms with Crippen LogP contribution in [0.4, 0.5) is 0 Å². The van der Waals surface area contributed by atoms with Crippen molar-refractivity contribution in [2.75, 3.05) is 0 Å². The van der Waals surface area contributed by atoms with Crippen LogP contribution in [0, 0.1) is 17.2 Å². The molecule has 0 bridgehead atoms. The summed E-state index contributed by atoms with van der Waals surface area (Å²) in [7, 11) is 0. The highest BCUT2D eigenvalue weighted by molar-refractivity contribution is 6.30. The van der Waals surface area contributed by atoms with E-state index in [0.29, 0.717) is 16.6 Å². The van der Waals surface area contributed by atoms with E-state index < -0.39 is 0 Å². The lowest BCUT2D eigenvalue weighted by Gasteiger charge is -2.22. The van der Waals surface area contributed by atoms with Crippen molar-refractivity contribution in [3.05, 3.63) is 28.0 Å². The van der Waals surface area contributed by atoms with Crippen molar-refractivity contribution >= 4 is 11.6 Å². The van der Waals surface area contributed by atoms with Gasteiger partial charge in [0.05, 0.1) is 5.56 Å². The second-order valence-electron chi connectivity index (χ2n) is 3.89. The first kappa shape index (κ1) is 9.48. The molecule has 1 aliphatic rings. The molecule has 3 heteroatoms. The molecule has 0 aromatic carbocycles. The molecular weight excluding hydrogens is 196 g/mol. The normalized spacial score (nSPS) is 19.9. The second kappa shape index (κ2) is 3.59. The number of pyridine rings is 1. The molecule has 0 radical (unpaired) electrons. The highest BCUT2D eigenvalue weighted by Crippen LogP contribution is 2.29. The van der Waals surface area contributed by atoms with Crippen LogP contribution in [0.2, 0.25) is 5.15 Å². The Kier molecular flexibility index (Phi) is 2.43. The van der Waals surface area contributed by atoms with E-state index >= 15 is 0 Å². The van der Waals surface area contributed by atoms with E-state index in [1.54, 1.807) is 0 Å². The quantitative estimate of drug-likeness (QED) is 0.612. The van der Waals surface area contributed by atoms with E-state index in [4.69, 9.17) is 16.9 Å². The average Bonchev–Trinajstić information content (AvgIpc) is 2.17. The van der Waals surface area contributed by atoms with Gasteiger partial charge in [-0.3, -0.25) is 0 Å². The Bertz CT molecular complexity index is 406. The van der Waals surface area contributed by atoms with Crippen LogP contribution in [-0.2, 0) is 12.8 Å². The highest BCUT2D eigenvalue weighted by Gasteiger charge is 2.20. The molecule has 1 unspecified atom stereocenters. The Hall–Kier alpha value is -1.07. The van der Waals surface area contributed by atoms with Crippen molar-refractivity contribution in [3.63, 3.8) is 0 Å². The van der Waals surface area contributed by atoms with Crippen molar-refractivity contribution in [2.45, 2.75) is 26.2 Å². The van der Waals surface area contributed by atoms with Crippen molar-refractivity contribution < 1.29 is 0 Å². The fourth-order valence-corrected chi connectivity index (χ4v) is 2.18. The van der Waals surface area contributed by atoms with Crippen LogP contribution in [0.1, 0.15) is 30.0 Å². The molecule has 0 N–H and O–H groups in total. The van der Waals surface area contributed by atoms with Gasteiger partial charge in [-0.25, -0.2) is 4.98 Å². The maximum atomic E-state index is 8.99. The van der Waals surface area contributed by atoms with Crippen LogP contribution in [0.5, 0.6) is 0 Å². The van der Waals surface area contributed by atoms with Gasteiger partial charge in [0.1, 0.15) is 11.2 Å². The average molecular weight is 207 g/mol. The van der Waals surface area contributed by atoms with Crippen LogP contribution < -0.4 is 0 Å². The monoisotopic (exact) mass is 206 g/mol. The van der Waals surface area contributed by atoms with Gasteiger partial charge >= 0.3 is 0 Å². The molecular formula is C11H11ClN2. The van der Waals surface area contributed by atoms with Crippen LogP contribution in [0.3, 0.4) is 0 Å². The first-order valence-corrected chi connectivity index (χ1v) is 5.16. The molecule has 0 fully saturated rings. The molecule has 1 aliphatic carbocycles. The van der Waals surface area contributed by atoms with E-state index in [1.807, 2.05) is 6.20 Å². The number of fused-ring (bicyclic) bond motifs is 1. The maximum absolute atomic E-state index is 8.99. The van der Waals surface area contributed by atoms with Gasteiger partial charge in [0.2, 0.25) is 0 Å². The molecule has 1 atom stereocenters. The Morgan fingerprint density at radius 2 is 2.43 bits per heavy atom. The van der Waals surface area contributed by atoms with Gasteiger partial charge in [-0.05, 0) is 36.3 Å². The summed E-state index contributed by atoms with van der Waals surface area (Å²) in [5.41, 5.74) is 2.89. The molecule has 1 aromatic heterocycles. The first-order chi connectivity index (χ1) is 6.72. The molecule has 1 heterocycles. The zero-order valence-electron chi connectivity index (χ0n) is 8.05. The summed E-state index contributed by atoms with van der Waals surface area (Å²) in [6.07, 6.45) is 4.97. The number of hydrogen-bond donors (Lipinski definition) is 0. The molecule has 14 heavy (non-hydrogen) atoms. The molecule has 0 saturated carbocycles. The van der Waals surface area contributed by atoms with E-state index in [1.165, 1.54) is 12.0 Å². The van der Waals surface area contributed by atoms with E-state index in [9.17, 15) is 0 Å². The van der Waals surface area contributed by atoms with E-state index in [-0.39, 0.29) is 0 Å². The SMILES string of the molecule is CC1CCc2cnc(Cl)c(C#N)c2C1. The van der Waals surface area contributed by atoms with Gasteiger partial charge in [-0.15, -0.1) is 0 Å². The Balaban J connectivity index is 2.56. The smallest absolute Gasteiger partial charge is 0.147 e. The largest absolute Gasteiger partial charge is 0.243 e. The van der Waals surface area contributed by atoms with Crippen LogP contribution >= 0.6 is 11.6 Å². The molecule has 0 spiro atoms. The Labute approximate surface area is 88.5 Å². The molecule has 0 amide bonds. The predicted octanol–water partition coefficient (Wildman–Crippen LogP) is 2.73. The van der Waals surface area contributed by atoms with E-state index in [0.717, 1.165) is 18.4 Å². The molecule has 72 valence electrons. The highest BCUT2D eigenvalue weighted by atomic mass is 35.5. The minimum absolute atomic E-state index is 0.348. The molecule has 0 aliphatic heterocycles. The van der Waals surface area contributed by atoms with Crippen molar-refractivity contribution in [1.29, 1.82) is 5.26 Å². The minimum atomic E-state index is 0.348. The number of hydrogen-bond acceptors (Lipinski definition) is 2. The molecule has 1 aromatic rings. The van der Waals surface area contributed by atoms with Crippen molar-refractivity contribution in [1.82, 2.24) is 4.98 Å². The lowest BCUT2D eigenvalue weighted by molar-refractivity contribution is 0.499. The Morgan fingerprint density at radius 1 is 1.64 bits per heavy atom. The minimum Gasteiger partial charge on any atom is -0.243 e. The Morgan fingerprint density at radius 3 is 3.14 bits per heavy atom. The lowest BCUT2D eigenvalue weighted by Crippen LogP contribution is -2.13. The molecule has 2 rings (SSSR count). The fraction of sp³-hybridized carbons (Fsp3) is 0.455. The maximum Gasteiger partial charge on any atom is 0.147 e. The number of aryl methyl sites for hydroxylation is 1. The van der Waals surface area contributed by atoms with Gasteiger partial charge in [-0.1, -0.05) is 18.5 Å². The molecule has 2 nitrogen and oxygen atoms in total. The summed E-state index contributed by atoms with van der Waals surface area (Å²) in [4.78, 5) is 4.03. The summed E-state index contributed by atoms with van der Waals surface area (Å²) in [6.45, 7) is 2.21. The summed E-state index contributed by atoms with van der Waals surface area (Å²) in [5, 5.41) is 9.33. The predicted molar refractivity (Wildman–Crippen MR) is 55.2 cm³/mol. The standard InChI is InChI=1S/C11H11ClN2/c1-7-2-3-8-6-14-11(12)10(5-13)9(8)4-7/h6-7H,2-4H2,1H3. The summed E-state index contributed by atoms with van der Waals surface area (Å²) < 4.78 is 0. The van der Waals surface area contributed by atoms with Gasteiger partial charge < -0.3 is 0 Å². The third kappa shape index (κ3) is 1.49. The zero-order valence-corrected chi connectivity index (χ0v) is 8.80. The molecule has 0 saturated heterocycles. The third-order valence-corrected chi connectivity index (χ3v) is 3.09. The van der Waals surface area contributed by atoms with Crippen molar-refractivity contribution in [2.24, 2.45) is 5.92 Å². The van der Waals surface area contributed by atoms with Gasteiger partial charge in [0, 0.05) is 6.20 Å². The van der Waals surface area contributed by atoms with Crippen LogP contribution in [0.25, 0.3) is 0 Å². The fourth-order valence-electron chi connectivity index (χ4n) is 1.98. The topological polar surface area (TPSA) is 36.7 Å². The zero-order chi connectivity index (χ0) is 10.1. The third-order valence-electron chi connectivity index (χ3n) is 2.80. The van der Waals surface area contributed by atoms with Crippen molar-refractivity contribution in [3.8, 4) is 6.07 Å². The lowest BCUT2D eigenvalue weighted by atomic mass is 9.84.